The van der Waals surface area contributed by atoms with Crippen molar-refractivity contribution in [2.24, 2.45) is 0 Å². The van der Waals surface area contributed by atoms with Crippen molar-refractivity contribution in [1.82, 2.24) is 0 Å². The fourth-order valence-corrected chi connectivity index (χ4v) is 13.3. The fraction of sp³-hybridized carbons (Fsp3) is 0.197. The van der Waals surface area contributed by atoms with Gasteiger partial charge in [0.05, 0.1) is 36.2 Å². The van der Waals surface area contributed by atoms with Crippen molar-refractivity contribution in [2.75, 3.05) is 14.2 Å². The van der Waals surface area contributed by atoms with E-state index in [1.54, 1.807) is 50.3 Å². The van der Waals surface area contributed by atoms with Gasteiger partial charge in [0.25, 0.3) is 0 Å². The second kappa shape index (κ2) is 20.9. The Morgan fingerprint density at radius 3 is 1.25 bits per heavy atom. The highest BCUT2D eigenvalue weighted by atomic mass is 35.5. The van der Waals surface area contributed by atoms with Crippen LogP contribution >= 0.6 is 46.7 Å². The van der Waals surface area contributed by atoms with E-state index in [2.05, 4.69) is 185 Å². The van der Waals surface area contributed by atoms with Crippen molar-refractivity contribution in [1.29, 1.82) is 0 Å². The van der Waals surface area contributed by atoms with Gasteiger partial charge < -0.3 is 9.47 Å². The second-order valence-corrected chi connectivity index (χ2v) is 21.8. The normalized spacial score (nSPS) is 15.4. The number of thioether (sulfide) groups is 2. The average molecular weight is 972 g/mol. The van der Waals surface area contributed by atoms with Gasteiger partial charge in [-0.1, -0.05) is 168 Å². The van der Waals surface area contributed by atoms with Crippen molar-refractivity contribution in [2.45, 2.75) is 70.7 Å². The molecule has 0 heterocycles. The van der Waals surface area contributed by atoms with Gasteiger partial charge in [-0.15, -0.1) is 23.5 Å². The summed E-state index contributed by atoms with van der Waals surface area (Å²) in [6.45, 7) is 8.71. The van der Waals surface area contributed by atoms with Crippen LogP contribution in [0.2, 0.25) is 10.0 Å². The van der Waals surface area contributed by atoms with Crippen LogP contribution in [0.1, 0.15) is 60.1 Å². The lowest BCUT2D eigenvalue weighted by Gasteiger charge is -2.51. The Labute approximate surface area is 420 Å². The summed E-state index contributed by atoms with van der Waals surface area (Å²) < 4.78 is 9.98. The summed E-state index contributed by atoms with van der Waals surface area (Å²) in [5.41, 5.74) is 4.25. The molecule has 8 aromatic rings. The minimum Gasteiger partial charge on any atom is -0.505 e. The van der Waals surface area contributed by atoms with Crippen LogP contribution < -0.4 is 0 Å². The molecule has 3 nitrogen and oxygen atoms in total. The van der Waals surface area contributed by atoms with E-state index in [9.17, 15) is 0 Å². The standard InChI is InChI=1S/C61H56Cl2O3S2/c1-43-23-27-47(28-24-43)60(56-21-13-15-45-39-49(62)31-33-54(45)56,58(3,35-37-65-5)67-52-17-9-7-10-18-52)41-51(64)42-61(48-29-25-44(2)26-30-48,57-22-14-16-46-40-50(63)32-34-55(46)57)59(4,36-38-66-6)68-53-19-11-8-12-20-53/h7-40H,41-42H2,1-6H3. The van der Waals surface area contributed by atoms with Gasteiger partial charge in [0.15, 0.2) is 0 Å². The molecule has 4 unspecified atom stereocenters. The third kappa shape index (κ3) is 9.65. The van der Waals surface area contributed by atoms with Crippen molar-refractivity contribution in [3.05, 3.63) is 250 Å². The van der Waals surface area contributed by atoms with Crippen molar-refractivity contribution >= 4 is 74.1 Å². The minimum atomic E-state index is -1.02. The number of aryl methyl sites for hydroxylation is 2. The van der Waals surface area contributed by atoms with Crippen molar-refractivity contribution < 1.29 is 14.3 Å². The van der Waals surface area contributed by atoms with E-state index in [-0.39, 0.29) is 18.6 Å². The van der Waals surface area contributed by atoms with E-state index in [0.717, 1.165) is 64.7 Å². The summed E-state index contributed by atoms with van der Waals surface area (Å²) in [7, 11) is 3.35. The van der Waals surface area contributed by atoms with Gasteiger partial charge in [-0.2, -0.15) is 0 Å². The Bertz CT molecular complexity index is 2870. The molecule has 0 radical (unpaired) electrons. The van der Waals surface area contributed by atoms with Crippen LogP contribution in [0.3, 0.4) is 0 Å². The van der Waals surface area contributed by atoms with Crippen molar-refractivity contribution in [3.63, 3.8) is 0 Å². The molecule has 0 amide bonds. The Morgan fingerprint density at radius 1 is 0.500 bits per heavy atom. The molecule has 0 saturated carbocycles. The predicted molar refractivity (Wildman–Crippen MR) is 290 cm³/mol. The first-order valence-corrected chi connectivity index (χ1v) is 25.2. The Kier molecular flexibility index (Phi) is 15.0. The highest BCUT2D eigenvalue weighted by Crippen LogP contribution is 2.59. The summed E-state index contributed by atoms with van der Waals surface area (Å²) in [5, 5.41) is 5.29. The molecule has 0 aliphatic carbocycles. The van der Waals surface area contributed by atoms with Gasteiger partial charge >= 0.3 is 0 Å². The highest BCUT2D eigenvalue weighted by Gasteiger charge is 2.56. The number of ether oxygens (including phenoxy) is 2. The van der Waals surface area contributed by atoms with E-state index < -0.39 is 20.3 Å². The SMILES string of the molecule is COC=CC(C)(Sc1ccccc1)C(CC(=O)CC(c1ccc(C)cc1)(c1cccc2cc(Cl)ccc12)C(C)(C=COC)Sc1ccccc1)(c1ccc(C)cc1)c1cccc2cc(Cl)ccc12. The van der Waals surface area contributed by atoms with Crippen LogP contribution in [0.4, 0.5) is 0 Å². The number of halogens is 2. The number of fused-ring (bicyclic) bond motifs is 2. The molecule has 8 aromatic carbocycles. The van der Waals surface area contributed by atoms with Crippen LogP contribution in [0, 0.1) is 13.8 Å². The zero-order valence-electron chi connectivity index (χ0n) is 39.3. The average Bonchev–Trinajstić information content (AvgIpc) is 3.34. The summed E-state index contributed by atoms with van der Waals surface area (Å²) >= 11 is 17.0. The third-order valence-corrected chi connectivity index (χ3v) is 16.8. The van der Waals surface area contributed by atoms with Crippen LogP contribution in [0.25, 0.3) is 21.5 Å². The maximum atomic E-state index is 16.9. The van der Waals surface area contributed by atoms with Gasteiger partial charge in [0.1, 0.15) is 5.78 Å². The lowest BCUT2D eigenvalue weighted by Crippen LogP contribution is -2.52. The van der Waals surface area contributed by atoms with E-state index in [0.29, 0.717) is 10.0 Å². The number of hydrogen-bond donors (Lipinski definition) is 0. The van der Waals surface area contributed by atoms with Crippen LogP contribution in [-0.4, -0.2) is 29.5 Å². The van der Waals surface area contributed by atoms with Crippen LogP contribution in [-0.2, 0) is 25.1 Å². The quantitative estimate of drug-likeness (QED) is 0.0632. The lowest BCUT2D eigenvalue weighted by molar-refractivity contribution is -0.121. The zero-order valence-corrected chi connectivity index (χ0v) is 42.5. The molecule has 4 atom stereocenters. The first kappa shape index (κ1) is 48.8. The molecule has 0 bridgehead atoms. The molecular weight excluding hydrogens is 916 g/mol. The summed E-state index contributed by atoms with van der Waals surface area (Å²) in [5.74, 6) is 0.0690. The van der Waals surface area contributed by atoms with E-state index >= 15 is 4.79 Å². The molecule has 0 aliphatic heterocycles. The molecule has 344 valence electrons. The third-order valence-electron chi connectivity index (χ3n) is 13.5. The van der Waals surface area contributed by atoms with Crippen LogP contribution in [0.15, 0.2) is 216 Å². The molecule has 7 heteroatoms. The molecule has 0 spiro atoms. The van der Waals surface area contributed by atoms with E-state index in [1.807, 2.05) is 36.4 Å². The molecule has 0 fully saturated rings. The molecule has 0 aromatic heterocycles. The number of benzene rings is 8. The van der Waals surface area contributed by atoms with Gasteiger partial charge in [0.2, 0.25) is 0 Å². The van der Waals surface area contributed by atoms with Gasteiger partial charge in [-0.25, -0.2) is 0 Å². The smallest absolute Gasteiger partial charge is 0.135 e. The number of ketones is 1. The number of Topliss-reactive ketones (excluding diaryl/α,β-unsaturated/α-hetero) is 1. The molecule has 0 aliphatic rings. The summed E-state index contributed by atoms with van der Waals surface area (Å²) in [6, 6.07) is 63.3. The maximum Gasteiger partial charge on any atom is 0.135 e. The largest absolute Gasteiger partial charge is 0.505 e. The van der Waals surface area contributed by atoms with Crippen LogP contribution in [0.5, 0.6) is 0 Å². The molecule has 8 rings (SSSR count). The monoisotopic (exact) mass is 970 g/mol. The highest BCUT2D eigenvalue weighted by molar-refractivity contribution is 8.01. The number of carbonyl (C=O) groups is 1. The fourth-order valence-electron chi connectivity index (χ4n) is 10.1. The number of carbonyl (C=O) groups excluding carboxylic acids is 1. The topological polar surface area (TPSA) is 35.5 Å². The first-order chi connectivity index (χ1) is 32.8. The second-order valence-electron chi connectivity index (χ2n) is 17.9. The molecule has 0 saturated heterocycles. The minimum absolute atomic E-state index is 0.0690. The number of hydrogen-bond acceptors (Lipinski definition) is 5. The van der Waals surface area contributed by atoms with E-state index in [4.69, 9.17) is 32.7 Å². The van der Waals surface area contributed by atoms with Gasteiger partial charge in [0, 0.05) is 43.5 Å². The van der Waals surface area contributed by atoms with Crippen molar-refractivity contribution in [3.8, 4) is 0 Å². The summed E-state index contributed by atoms with van der Waals surface area (Å²) in [4.78, 5) is 19.0. The Balaban J connectivity index is 1.48. The molecular formula is C61H56Cl2O3S2. The lowest BCUT2D eigenvalue weighted by atomic mass is 9.58. The number of methoxy groups -OCH3 is 2. The first-order valence-electron chi connectivity index (χ1n) is 22.8. The maximum absolute atomic E-state index is 16.9. The molecule has 68 heavy (non-hydrogen) atoms. The predicted octanol–water partition coefficient (Wildman–Crippen LogP) is 17.0. The molecule has 0 N–H and O–H groups in total. The number of rotatable bonds is 18. The van der Waals surface area contributed by atoms with Gasteiger partial charge in [-0.05, 0) is 132 Å². The Hall–Kier alpha value is -5.69. The summed E-state index contributed by atoms with van der Waals surface area (Å²) in [6.07, 6.45) is 8.06. The zero-order chi connectivity index (χ0) is 47.9. The Morgan fingerprint density at radius 2 is 0.882 bits per heavy atom. The van der Waals surface area contributed by atoms with E-state index in [1.165, 1.54) is 0 Å². The van der Waals surface area contributed by atoms with Gasteiger partial charge in [-0.3, -0.25) is 4.79 Å².